The number of aromatic nitrogens is 1. The number of hydrogen-bond donors (Lipinski definition) is 2. The second kappa shape index (κ2) is 12.4. The first-order valence-electron chi connectivity index (χ1n) is 14.2. The fourth-order valence-electron chi connectivity index (χ4n) is 6.03. The van der Waals surface area contributed by atoms with Crippen molar-refractivity contribution in [3.8, 4) is 5.88 Å². The summed E-state index contributed by atoms with van der Waals surface area (Å²) >= 11 is 0. The second-order valence-corrected chi connectivity index (χ2v) is 11.5. The van der Waals surface area contributed by atoms with E-state index in [1.165, 1.54) is 17.0 Å². The number of morpholine rings is 1. The number of alkyl halides is 3. The summed E-state index contributed by atoms with van der Waals surface area (Å²) < 4.78 is 65.8. The number of piperazine rings is 1. The third kappa shape index (κ3) is 6.55. The lowest BCUT2D eigenvalue weighted by Gasteiger charge is -2.50. The Morgan fingerprint density at radius 2 is 1.98 bits per heavy atom. The average molecular weight is 596 g/mol. The smallest absolute Gasteiger partial charge is 0.406 e. The molecule has 0 radical (unpaired) electrons. The van der Waals surface area contributed by atoms with Crippen LogP contribution in [0.15, 0.2) is 30.3 Å². The highest BCUT2D eigenvalue weighted by Gasteiger charge is 2.48. The van der Waals surface area contributed by atoms with Crippen LogP contribution in [0.3, 0.4) is 0 Å². The van der Waals surface area contributed by atoms with Crippen molar-refractivity contribution in [3.63, 3.8) is 0 Å². The van der Waals surface area contributed by atoms with E-state index in [-0.39, 0.29) is 63.1 Å². The lowest BCUT2D eigenvalue weighted by molar-refractivity contribution is -0.216. The van der Waals surface area contributed by atoms with Gasteiger partial charge in [0.15, 0.2) is 0 Å². The minimum absolute atomic E-state index is 0.00195. The van der Waals surface area contributed by atoms with E-state index < -0.39 is 24.4 Å². The second-order valence-electron chi connectivity index (χ2n) is 11.5. The number of carbonyl (C=O) groups is 1. The SMILES string of the molecule is C[C@H]1COc2nc(CO)c(Cc3ccc(F)cc3)cc2N1C(=O)CN1CCNC[C@]1(C)CN1CCOC[C@@H]1C(F)(F)F. The van der Waals surface area contributed by atoms with Crippen molar-refractivity contribution in [2.45, 2.75) is 50.7 Å². The van der Waals surface area contributed by atoms with Gasteiger partial charge in [0.05, 0.1) is 38.1 Å². The number of halogens is 4. The van der Waals surface area contributed by atoms with Gasteiger partial charge in [-0.3, -0.25) is 14.6 Å². The van der Waals surface area contributed by atoms with Gasteiger partial charge in [-0.15, -0.1) is 0 Å². The topological polar surface area (TPSA) is 90.4 Å². The van der Waals surface area contributed by atoms with Crippen molar-refractivity contribution >= 4 is 11.6 Å². The molecule has 42 heavy (non-hydrogen) atoms. The van der Waals surface area contributed by atoms with Gasteiger partial charge in [-0.25, -0.2) is 9.37 Å². The summed E-state index contributed by atoms with van der Waals surface area (Å²) in [6.45, 7) is 5.24. The molecule has 1 aromatic heterocycles. The van der Waals surface area contributed by atoms with Crippen LogP contribution in [-0.2, 0) is 22.6 Å². The Hall–Kier alpha value is -2.84. The van der Waals surface area contributed by atoms with Crippen molar-refractivity contribution in [1.29, 1.82) is 0 Å². The van der Waals surface area contributed by atoms with Gasteiger partial charge < -0.3 is 24.8 Å². The predicted octanol–water partition coefficient (Wildman–Crippen LogP) is 2.34. The molecule has 9 nitrogen and oxygen atoms in total. The van der Waals surface area contributed by atoms with Gasteiger partial charge in [0, 0.05) is 38.3 Å². The molecule has 2 saturated heterocycles. The van der Waals surface area contributed by atoms with Crippen LogP contribution in [0.5, 0.6) is 5.88 Å². The summed E-state index contributed by atoms with van der Waals surface area (Å²) in [5, 5.41) is 13.3. The quantitative estimate of drug-likeness (QED) is 0.472. The minimum Gasteiger partial charge on any atom is -0.474 e. The minimum atomic E-state index is -4.42. The number of hydrogen-bond acceptors (Lipinski definition) is 8. The van der Waals surface area contributed by atoms with Gasteiger partial charge in [0.2, 0.25) is 11.8 Å². The standard InChI is InChI=1S/C29H37F4N5O4/c1-19-15-42-27-24(12-21(23(14-39)35-27)11-20-3-5-22(30)6-4-20)38(19)26(40)13-37-8-7-34-17-28(37,2)18-36-9-10-41-16-25(36)29(31,32)33/h3-6,12,19,25,34,39H,7-11,13-18H2,1-2H3/t19-,25+,28+/m0/s1. The van der Waals surface area contributed by atoms with Crippen molar-refractivity contribution in [2.75, 3.05) is 64.0 Å². The number of nitrogens with one attached hydrogen (secondary N) is 1. The zero-order valence-corrected chi connectivity index (χ0v) is 23.8. The third-order valence-corrected chi connectivity index (χ3v) is 8.34. The normalized spacial score (nSPS) is 25.6. The Morgan fingerprint density at radius 1 is 1.21 bits per heavy atom. The molecule has 2 N–H and O–H groups in total. The summed E-state index contributed by atoms with van der Waals surface area (Å²) in [6.07, 6.45) is -4.05. The first-order valence-corrected chi connectivity index (χ1v) is 14.2. The van der Waals surface area contributed by atoms with E-state index >= 15 is 0 Å². The summed E-state index contributed by atoms with van der Waals surface area (Å²) in [6, 6.07) is 5.79. The molecule has 13 heteroatoms. The van der Waals surface area contributed by atoms with Crippen LogP contribution in [0, 0.1) is 5.82 Å². The summed E-state index contributed by atoms with van der Waals surface area (Å²) in [5.74, 6) is -0.343. The molecule has 3 aliphatic rings. The molecule has 0 aliphatic carbocycles. The summed E-state index contributed by atoms with van der Waals surface area (Å²) in [7, 11) is 0. The molecule has 230 valence electrons. The van der Waals surface area contributed by atoms with E-state index in [1.54, 1.807) is 23.1 Å². The third-order valence-electron chi connectivity index (χ3n) is 8.34. The Kier molecular flexibility index (Phi) is 9.05. The number of nitrogens with zero attached hydrogens (tertiary/aromatic N) is 4. The number of rotatable bonds is 7. The first kappa shape index (κ1) is 30.6. The molecule has 5 rings (SSSR count). The number of aliphatic hydroxyl groups excluding tert-OH is 1. The number of ether oxygens (including phenoxy) is 2. The van der Waals surface area contributed by atoms with E-state index in [9.17, 15) is 27.5 Å². The molecule has 0 saturated carbocycles. The Morgan fingerprint density at radius 3 is 2.69 bits per heavy atom. The highest BCUT2D eigenvalue weighted by molar-refractivity contribution is 5.97. The van der Waals surface area contributed by atoms with Gasteiger partial charge >= 0.3 is 6.18 Å². The van der Waals surface area contributed by atoms with Gasteiger partial charge in [-0.2, -0.15) is 13.2 Å². The van der Waals surface area contributed by atoms with Crippen LogP contribution in [0.25, 0.3) is 0 Å². The molecule has 0 bridgehead atoms. The van der Waals surface area contributed by atoms with Gasteiger partial charge in [-0.1, -0.05) is 12.1 Å². The molecule has 3 atom stereocenters. The van der Waals surface area contributed by atoms with Crippen LogP contribution in [-0.4, -0.2) is 109 Å². The molecule has 0 spiro atoms. The van der Waals surface area contributed by atoms with Gasteiger partial charge in [0.1, 0.15) is 24.2 Å². The predicted molar refractivity (Wildman–Crippen MR) is 147 cm³/mol. The number of anilines is 1. The molecule has 2 fully saturated rings. The first-order chi connectivity index (χ1) is 20.0. The largest absolute Gasteiger partial charge is 0.474 e. The number of amides is 1. The molecular weight excluding hydrogens is 558 g/mol. The Bertz CT molecular complexity index is 1260. The Balaban J connectivity index is 1.39. The lowest BCUT2D eigenvalue weighted by atomic mass is 9.94. The van der Waals surface area contributed by atoms with E-state index in [0.29, 0.717) is 43.0 Å². The zero-order valence-electron chi connectivity index (χ0n) is 23.8. The van der Waals surface area contributed by atoms with E-state index in [4.69, 9.17) is 9.47 Å². The van der Waals surface area contributed by atoms with Crippen LogP contribution in [0.1, 0.15) is 30.7 Å². The van der Waals surface area contributed by atoms with Crippen LogP contribution in [0.2, 0.25) is 0 Å². The molecule has 3 aliphatic heterocycles. The van der Waals surface area contributed by atoms with Crippen molar-refractivity contribution < 1.29 is 36.9 Å². The van der Waals surface area contributed by atoms with Crippen LogP contribution < -0.4 is 15.0 Å². The van der Waals surface area contributed by atoms with Gasteiger partial charge in [-0.05, 0) is 49.6 Å². The highest BCUT2D eigenvalue weighted by atomic mass is 19.4. The average Bonchev–Trinajstić information content (AvgIpc) is 2.95. The van der Waals surface area contributed by atoms with E-state index in [2.05, 4.69) is 10.3 Å². The monoisotopic (exact) mass is 595 g/mol. The molecular formula is C29H37F4N5O4. The van der Waals surface area contributed by atoms with Crippen molar-refractivity contribution in [2.24, 2.45) is 0 Å². The molecule has 1 aromatic carbocycles. The number of pyridine rings is 1. The van der Waals surface area contributed by atoms with Crippen LogP contribution in [0.4, 0.5) is 23.2 Å². The summed E-state index contributed by atoms with van der Waals surface area (Å²) in [4.78, 5) is 23.5. The maximum atomic E-state index is 14.0. The van der Waals surface area contributed by atoms with Crippen molar-refractivity contribution in [3.05, 3.63) is 53.0 Å². The number of carbonyl (C=O) groups excluding carboxylic acids is 1. The lowest BCUT2D eigenvalue weighted by Crippen LogP contribution is -2.68. The molecule has 2 aromatic rings. The van der Waals surface area contributed by atoms with Crippen LogP contribution >= 0.6 is 0 Å². The fourth-order valence-corrected chi connectivity index (χ4v) is 6.03. The zero-order chi connectivity index (χ0) is 30.1. The van der Waals surface area contributed by atoms with Crippen molar-refractivity contribution in [1.82, 2.24) is 20.1 Å². The number of fused-ring (bicyclic) bond motifs is 1. The number of aliphatic hydroxyl groups is 1. The molecule has 1 amide bonds. The Labute approximate surface area is 242 Å². The highest BCUT2D eigenvalue weighted by Crippen LogP contribution is 2.36. The maximum absolute atomic E-state index is 14.0. The fraction of sp³-hybridized carbons (Fsp3) is 0.586. The van der Waals surface area contributed by atoms with Gasteiger partial charge in [0.25, 0.3) is 0 Å². The maximum Gasteiger partial charge on any atom is 0.406 e. The molecule has 0 unspecified atom stereocenters. The van der Waals surface area contributed by atoms with E-state index in [1.807, 2.05) is 18.7 Å². The molecule has 4 heterocycles. The summed E-state index contributed by atoms with van der Waals surface area (Å²) in [5.41, 5.74) is 1.62. The number of benzene rings is 1. The van der Waals surface area contributed by atoms with E-state index in [0.717, 1.165) is 5.56 Å².